The van der Waals surface area contributed by atoms with Crippen molar-refractivity contribution < 1.29 is 0 Å². The summed E-state index contributed by atoms with van der Waals surface area (Å²) < 4.78 is 1.16. The largest absolute Gasteiger partial charge is 0.250 e. The van der Waals surface area contributed by atoms with Crippen LogP contribution >= 0.6 is 59.1 Å². The summed E-state index contributed by atoms with van der Waals surface area (Å²) >= 11 is 12.9. The van der Waals surface area contributed by atoms with Gasteiger partial charge in [0.05, 0.1) is 5.01 Å². The molecule has 0 unspecified atom stereocenters. The van der Waals surface area contributed by atoms with Crippen LogP contribution in [0.4, 0.5) is 0 Å². The molecule has 0 aliphatic heterocycles. The summed E-state index contributed by atoms with van der Waals surface area (Å²) in [5, 5.41) is 2.94. The van der Waals surface area contributed by atoms with Crippen LogP contribution in [0.1, 0.15) is 15.4 Å². The first-order valence-corrected chi connectivity index (χ1v) is 9.75. The number of aromatic nitrogens is 1. The number of thiazole rings is 1. The Balaban J connectivity index is 2.40. The van der Waals surface area contributed by atoms with E-state index in [1.54, 1.807) is 11.3 Å². The van der Waals surface area contributed by atoms with Gasteiger partial charge in [0.2, 0.25) is 0 Å². The number of hydrogen-bond donors (Lipinski definition) is 0. The molecule has 2 aromatic rings. The lowest BCUT2D eigenvalue weighted by atomic mass is 9.81. The average Bonchev–Trinajstić information content (AvgIpc) is 2.82. The average molecular weight is 468 g/mol. The molecule has 0 N–H and O–H groups in total. The third-order valence-corrected chi connectivity index (χ3v) is 6.89. The van der Waals surface area contributed by atoms with E-state index in [0.29, 0.717) is 0 Å². The fourth-order valence-corrected chi connectivity index (χ4v) is 5.65. The Morgan fingerprint density at radius 3 is 2.42 bits per heavy atom. The third-order valence-electron chi connectivity index (χ3n) is 3.14. The van der Waals surface area contributed by atoms with Gasteiger partial charge in [0.15, 0.2) is 0 Å². The van der Waals surface area contributed by atoms with Crippen LogP contribution in [0.5, 0.6) is 0 Å². The number of alkyl halides is 2. The van der Waals surface area contributed by atoms with Gasteiger partial charge in [0.25, 0.3) is 0 Å². The molecule has 1 aromatic carbocycles. The van der Waals surface area contributed by atoms with E-state index in [4.69, 9.17) is 0 Å². The fourth-order valence-electron chi connectivity index (χ4n) is 2.08. The number of halogens is 3. The van der Waals surface area contributed by atoms with Gasteiger partial charge in [-0.25, -0.2) is 4.98 Å². The topological polar surface area (TPSA) is 12.9 Å². The molecule has 1 aromatic heterocycles. The quantitative estimate of drug-likeness (QED) is 0.530. The molecule has 5 heteroatoms. The smallest absolute Gasteiger partial charge is 0.0896 e. The van der Waals surface area contributed by atoms with Crippen molar-refractivity contribution in [3.05, 3.63) is 50.4 Å². The second kappa shape index (κ2) is 6.83. The van der Waals surface area contributed by atoms with Crippen LogP contribution in [0.2, 0.25) is 0 Å². The van der Waals surface area contributed by atoms with Crippen molar-refractivity contribution >= 4 is 59.1 Å². The highest BCUT2D eigenvalue weighted by Gasteiger charge is 2.32. The highest BCUT2D eigenvalue weighted by molar-refractivity contribution is 9.10. The van der Waals surface area contributed by atoms with E-state index in [0.717, 1.165) is 26.6 Å². The van der Waals surface area contributed by atoms with Crippen LogP contribution in [0, 0.1) is 6.92 Å². The molecular weight excluding hydrogens is 454 g/mol. The van der Waals surface area contributed by atoms with Crippen LogP contribution in [-0.4, -0.2) is 15.6 Å². The van der Waals surface area contributed by atoms with Gasteiger partial charge in [0, 0.05) is 31.6 Å². The first-order chi connectivity index (χ1) is 9.11. The maximum atomic E-state index is 4.36. The molecule has 0 fully saturated rings. The zero-order valence-corrected chi connectivity index (χ0v) is 16.1. The van der Waals surface area contributed by atoms with Crippen molar-refractivity contribution in [2.24, 2.45) is 0 Å². The SMILES string of the molecule is Cc1ncc(CC(CBr)(CBr)c2ccccc2Br)s1. The normalized spacial score (nSPS) is 11.8. The summed E-state index contributed by atoms with van der Waals surface area (Å²) in [6, 6.07) is 8.45. The van der Waals surface area contributed by atoms with Crippen LogP contribution in [0.15, 0.2) is 34.9 Å². The Hall–Kier alpha value is 0.290. The van der Waals surface area contributed by atoms with E-state index < -0.39 is 0 Å². The molecule has 0 saturated carbocycles. The molecule has 1 heterocycles. The molecule has 0 aliphatic rings. The first kappa shape index (κ1) is 15.7. The molecule has 2 rings (SSSR count). The predicted octanol–water partition coefficient (Wildman–Crippen LogP) is 5.48. The van der Waals surface area contributed by atoms with Gasteiger partial charge < -0.3 is 0 Å². The summed E-state index contributed by atoms with van der Waals surface area (Å²) in [6.45, 7) is 2.05. The maximum Gasteiger partial charge on any atom is 0.0896 e. The lowest BCUT2D eigenvalue weighted by Gasteiger charge is -2.31. The van der Waals surface area contributed by atoms with E-state index in [9.17, 15) is 0 Å². The van der Waals surface area contributed by atoms with E-state index in [2.05, 4.69) is 84.0 Å². The minimum atomic E-state index is 0.0407. The molecule has 0 spiro atoms. The van der Waals surface area contributed by atoms with Crippen molar-refractivity contribution in [3.8, 4) is 0 Å². The molecule has 102 valence electrons. The second-order valence-electron chi connectivity index (χ2n) is 4.55. The van der Waals surface area contributed by atoms with Crippen molar-refractivity contribution in [1.29, 1.82) is 0 Å². The number of hydrogen-bond acceptors (Lipinski definition) is 2. The molecule has 0 amide bonds. The van der Waals surface area contributed by atoms with Gasteiger partial charge in [-0.3, -0.25) is 0 Å². The summed E-state index contributed by atoms with van der Waals surface area (Å²) in [5.41, 5.74) is 1.37. The Kier molecular flexibility index (Phi) is 5.64. The number of benzene rings is 1. The predicted molar refractivity (Wildman–Crippen MR) is 94.0 cm³/mol. The minimum absolute atomic E-state index is 0.0407. The summed E-state index contributed by atoms with van der Waals surface area (Å²) in [7, 11) is 0. The molecule has 0 radical (unpaired) electrons. The Morgan fingerprint density at radius 1 is 1.21 bits per heavy atom. The van der Waals surface area contributed by atoms with Crippen molar-refractivity contribution in [3.63, 3.8) is 0 Å². The van der Waals surface area contributed by atoms with Gasteiger partial charge >= 0.3 is 0 Å². The molecule has 0 bridgehead atoms. The highest BCUT2D eigenvalue weighted by Crippen LogP contribution is 2.37. The number of rotatable bonds is 5. The van der Waals surface area contributed by atoms with E-state index in [1.165, 1.54) is 10.4 Å². The van der Waals surface area contributed by atoms with Gasteiger partial charge in [-0.2, -0.15) is 0 Å². The maximum absolute atomic E-state index is 4.36. The zero-order chi connectivity index (χ0) is 13.9. The van der Waals surface area contributed by atoms with Gasteiger partial charge in [-0.1, -0.05) is 66.0 Å². The van der Waals surface area contributed by atoms with Crippen LogP contribution in [-0.2, 0) is 11.8 Å². The summed E-state index contributed by atoms with van der Waals surface area (Å²) in [6.07, 6.45) is 2.98. The summed E-state index contributed by atoms with van der Waals surface area (Å²) in [5.74, 6) is 0. The highest BCUT2D eigenvalue weighted by atomic mass is 79.9. The molecule has 19 heavy (non-hydrogen) atoms. The molecule has 0 atom stereocenters. The van der Waals surface area contributed by atoms with Crippen molar-refractivity contribution in [2.75, 3.05) is 10.7 Å². The lowest BCUT2D eigenvalue weighted by Crippen LogP contribution is -2.33. The fraction of sp³-hybridized carbons (Fsp3) is 0.357. The van der Waals surface area contributed by atoms with E-state index >= 15 is 0 Å². The van der Waals surface area contributed by atoms with Gasteiger partial charge in [-0.05, 0) is 25.0 Å². The standard InChI is InChI=1S/C14H14Br3NS/c1-10-18-7-11(19-10)6-14(8-15,9-16)12-4-2-3-5-13(12)17/h2-5,7H,6,8-9H2,1H3. The molecular formula is C14H14Br3NS. The lowest BCUT2D eigenvalue weighted by molar-refractivity contribution is 0.553. The summed E-state index contributed by atoms with van der Waals surface area (Å²) in [4.78, 5) is 5.69. The first-order valence-electron chi connectivity index (χ1n) is 5.89. The zero-order valence-electron chi connectivity index (χ0n) is 10.5. The Morgan fingerprint density at radius 2 is 1.89 bits per heavy atom. The van der Waals surface area contributed by atoms with Crippen LogP contribution < -0.4 is 0 Å². The van der Waals surface area contributed by atoms with Gasteiger partial charge in [0.1, 0.15) is 0 Å². The number of aryl methyl sites for hydroxylation is 1. The van der Waals surface area contributed by atoms with Crippen LogP contribution in [0.3, 0.4) is 0 Å². The van der Waals surface area contributed by atoms with Crippen molar-refractivity contribution in [2.45, 2.75) is 18.8 Å². The van der Waals surface area contributed by atoms with Crippen LogP contribution in [0.25, 0.3) is 0 Å². The molecule has 0 aliphatic carbocycles. The molecule has 0 saturated heterocycles. The van der Waals surface area contributed by atoms with Crippen molar-refractivity contribution in [1.82, 2.24) is 4.98 Å². The third kappa shape index (κ3) is 3.49. The van der Waals surface area contributed by atoms with E-state index in [-0.39, 0.29) is 5.41 Å². The molecule has 1 nitrogen and oxygen atoms in total. The monoisotopic (exact) mass is 465 g/mol. The number of nitrogens with zero attached hydrogens (tertiary/aromatic N) is 1. The van der Waals surface area contributed by atoms with Gasteiger partial charge in [-0.15, -0.1) is 11.3 Å². The Labute approximate surface area is 143 Å². The van der Waals surface area contributed by atoms with E-state index in [1.807, 2.05) is 6.20 Å². The minimum Gasteiger partial charge on any atom is -0.250 e. The Bertz CT molecular complexity index is 549. The second-order valence-corrected chi connectivity index (χ2v) is 7.84.